The van der Waals surface area contributed by atoms with Gasteiger partial charge in [0.25, 0.3) is 0 Å². The summed E-state index contributed by atoms with van der Waals surface area (Å²) < 4.78 is 4.91. The van der Waals surface area contributed by atoms with Crippen LogP contribution < -0.4 is 16.0 Å². The van der Waals surface area contributed by atoms with Gasteiger partial charge in [-0.05, 0) is 24.3 Å². The Morgan fingerprint density at radius 2 is 2.05 bits per heavy atom. The number of nitrogens with one attached hydrogen (secondary N) is 3. The molecule has 2 rings (SSSR count). The molecular weight excluding hydrogens is 306 g/mol. The standard InChI is InChI=1S/C15H16ClN3O3/c1-2-14(20)18-11-3-4-12(16)13(7-11)19-15(21)17-8-10-5-6-22-9-10/h3-7,9H,2,8H2,1H3,(H,18,20)(H2,17,19,21). The molecule has 0 aliphatic rings. The van der Waals surface area contributed by atoms with Crippen LogP contribution >= 0.6 is 11.6 Å². The van der Waals surface area contributed by atoms with Crippen molar-refractivity contribution in [1.29, 1.82) is 0 Å². The van der Waals surface area contributed by atoms with Crippen LogP contribution in [0, 0.1) is 0 Å². The second kappa shape index (κ2) is 7.51. The number of urea groups is 1. The van der Waals surface area contributed by atoms with E-state index in [1.807, 2.05) is 0 Å². The van der Waals surface area contributed by atoms with Crippen molar-refractivity contribution < 1.29 is 14.0 Å². The van der Waals surface area contributed by atoms with Crippen molar-refractivity contribution in [1.82, 2.24) is 5.32 Å². The van der Waals surface area contributed by atoms with Gasteiger partial charge >= 0.3 is 6.03 Å². The van der Waals surface area contributed by atoms with E-state index in [1.165, 1.54) is 6.26 Å². The zero-order chi connectivity index (χ0) is 15.9. The first kappa shape index (κ1) is 15.9. The number of furan rings is 1. The number of amides is 3. The van der Waals surface area contributed by atoms with Crippen molar-refractivity contribution >= 4 is 34.9 Å². The van der Waals surface area contributed by atoms with Gasteiger partial charge in [-0.1, -0.05) is 18.5 Å². The Bertz CT molecular complexity index is 656. The summed E-state index contributed by atoms with van der Waals surface area (Å²) >= 11 is 6.04. The third-order valence-corrected chi connectivity index (χ3v) is 3.18. The first-order chi connectivity index (χ1) is 10.6. The van der Waals surface area contributed by atoms with E-state index in [2.05, 4.69) is 16.0 Å². The molecule has 7 heteroatoms. The van der Waals surface area contributed by atoms with Crippen LogP contribution in [0.25, 0.3) is 0 Å². The molecule has 0 aliphatic heterocycles. The van der Waals surface area contributed by atoms with E-state index < -0.39 is 6.03 Å². The third-order valence-electron chi connectivity index (χ3n) is 2.85. The smallest absolute Gasteiger partial charge is 0.319 e. The Morgan fingerprint density at radius 1 is 1.23 bits per heavy atom. The second-order valence-electron chi connectivity index (χ2n) is 4.54. The van der Waals surface area contributed by atoms with Crippen molar-refractivity contribution in [3.05, 3.63) is 47.4 Å². The zero-order valence-corrected chi connectivity index (χ0v) is 12.7. The maximum atomic E-state index is 11.9. The fourth-order valence-electron chi connectivity index (χ4n) is 1.69. The Morgan fingerprint density at radius 3 is 2.73 bits per heavy atom. The molecule has 1 heterocycles. The van der Waals surface area contributed by atoms with Crippen molar-refractivity contribution in [3.63, 3.8) is 0 Å². The number of anilines is 2. The van der Waals surface area contributed by atoms with Crippen LogP contribution in [0.2, 0.25) is 5.02 Å². The van der Waals surface area contributed by atoms with Gasteiger partial charge in [0.05, 0.1) is 23.2 Å². The molecule has 1 aromatic heterocycles. The maximum absolute atomic E-state index is 11.9. The van der Waals surface area contributed by atoms with Crippen LogP contribution in [0.5, 0.6) is 0 Å². The van der Waals surface area contributed by atoms with Gasteiger partial charge in [0.2, 0.25) is 5.91 Å². The number of hydrogen-bond donors (Lipinski definition) is 3. The molecule has 116 valence electrons. The first-order valence-corrected chi connectivity index (χ1v) is 7.11. The van der Waals surface area contributed by atoms with Crippen molar-refractivity contribution in [3.8, 4) is 0 Å². The Hall–Kier alpha value is -2.47. The van der Waals surface area contributed by atoms with Crippen LogP contribution in [0.3, 0.4) is 0 Å². The molecule has 0 saturated carbocycles. The van der Waals surface area contributed by atoms with Crippen LogP contribution in [0.15, 0.2) is 41.2 Å². The predicted octanol–water partition coefficient (Wildman–Crippen LogP) is 3.60. The highest BCUT2D eigenvalue weighted by Gasteiger charge is 2.08. The van der Waals surface area contributed by atoms with Crippen molar-refractivity contribution in [2.45, 2.75) is 19.9 Å². The lowest BCUT2D eigenvalue weighted by atomic mass is 10.2. The van der Waals surface area contributed by atoms with E-state index in [0.29, 0.717) is 29.4 Å². The van der Waals surface area contributed by atoms with E-state index in [9.17, 15) is 9.59 Å². The van der Waals surface area contributed by atoms with Crippen LogP contribution in [0.1, 0.15) is 18.9 Å². The fraction of sp³-hybridized carbons (Fsp3) is 0.200. The lowest BCUT2D eigenvalue weighted by molar-refractivity contribution is -0.115. The summed E-state index contributed by atoms with van der Waals surface area (Å²) in [5.41, 5.74) is 1.84. The summed E-state index contributed by atoms with van der Waals surface area (Å²) in [6, 6.07) is 6.24. The Labute approximate surface area is 132 Å². The predicted molar refractivity (Wildman–Crippen MR) is 84.9 cm³/mol. The molecule has 0 atom stereocenters. The van der Waals surface area contributed by atoms with Gasteiger partial charge in [-0.2, -0.15) is 0 Å². The number of benzene rings is 1. The molecule has 0 spiro atoms. The van der Waals surface area contributed by atoms with Gasteiger partial charge in [-0.15, -0.1) is 0 Å². The summed E-state index contributed by atoms with van der Waals surface area (Å²) in [7, 11) is 0. The average molecular weight is 322 g/mol. The molecule has 0 saturated heterocycles. The lowest BCUT2D eigenvalue weighted by Gasteiger charge is -2.11. The van der Waals surface area contributed by atoms with E-state index in [-0.39, 0.29) is 5.91 Å². The van der Waals surface area contributed by atoms with Crippen molar-refractivity contribution in [2.24, 2.45) is 0 Å². The third kappa shape index (κ3) is 4.53. The van der Waals surface area contributed by atoms with Crippen LogP contribution in [0.4, 0.5) is 16.2 Å². The molecule has 6 nitrogen and oxygen atoms in total. The molecular formula is C15H16ClN3O3. The SMILES string of the molecule is CCC(=O)Nc1ccc(Cl)c(NC(=O)NCc2ccoc2)c1. The molecule has 22 heavy (non-hydrogen) atoms. The van der Waals surface area contributed by atoms with E-state index >= 15 is 0 Å². The number of halogens is 1. The number of rotatable bonds is 5. The van der Waals surface area contributed by atoms with E-state index in [4.69, 9.17) is 16.0 Å². The topological polar surface area (TPSA) is 83.4 Å². The molecule has 0 fully saturated rings. The Kier molecular flexibility index (Phi) is 5.43. The monoisotopic (exact) mass is 321 g/mol. The number of carbonyl (C=O) groups excluding carboxylic acids is 2. The minimum atomic E-state index is -0.401. The number of carbonyl (C=O) groups is 2. The fourth-order valence-corrected chi connectivity index (χ4v) is 1.86. The van der Waals surface area contributed by atoms with Gasteiger partial charge < -0.3 is 20.4 Å². The highest BCUT2D eigenvalue weighted by molar-refractivity contribution is 6.33. The maximum Gasteiger partial charge on any atom is 0.319 e. The van der Waals surface area contributed by atoms with Gasteiger partial charge in [-0.25, -0.2) is 4.79 Å². The van der Waals surface area contributed by atoms with E-state index in [0.717, 1.165) is 5.56 Å². The first-order valence-electron chi connectivity index (χ1n) is 6.74. The van der Waals surface area contributed by atoms with Gasteiger partial charge in [0.1, 0.15) is 0 Å². The van der Waals surface area contributed by atoms with Crippen molar-refractivity contribution in [2.75, 3.05) is 10.6 Å². The number of hydrogen-bond acceptors (Lipinski definition) is 3. The Balaban J connectivity index is 1.97. The summed E-state index contributed by atoms with van der Waals surface area (Å²) in [5, 5.41) is 8.40. The molecule has 2 aromatic rings. The molecule has 3 amide bonds. The lowest BCUT2D eigenvalue weighted by Crippen LogP contribution is -2.28. The minimum absolute atomic E-state index is 0.113. The van der Waals surface area contributed by atoms with Gasteiger partial charge in [-0.3, -0.25) is 4.79 Å². The molecule has 0 bridgehead atoms. The molecule has 0 aliphatic carbocycles. The minimum Gasteiger partial charge on any atom is -0.472 e. The second-order valence-corrected chi connectivity index (χ2v) is 4.94. The van der Waals surface area contributed by atoms with Gasteiger partial charge in [0.15, 0.2) is 0 Å². The molecule has 3 N–H and O–H groups in total. The zero-order valence-electron chi connectivity index (χ0n) is 12.0. The summed E-state index contributed by atoms with van der Waals surface area (Å²) in [6.45, 7) is 2.10. The average Bonchev–Trinajstić information content (AvgIpc) is 3.02. The largest absolute Gasteiger partial charge is 0.472 e. The van der Waals surface area contributed by atoms with Gasteiger partial charge in [0, 0.05) is 24.2 Å². The highest BCUT2D eigenvalue weighted by atomic mass is 35.5. The summed E-state index contributed by atoms with van der Waals surface area (Å²) in [6.07, 6.45) is 3.45. The quantitative estimate of drug-likeness (QED) is 0.786. The molecule has 0 radical (unpaired) electrons. The normalized spacial score (nSPS) is 10.1. The highest BCUT2D eigenvalue weighted by Crippen LogP contribution is 2.25. The summed E-state index contributed by atoms with van der Waals surface area (Å²) in [5.74, 6) is -0.113. The van der Waals surface area contributed by atoms with Crippen LogP contribution in [-0.4, -0.2) is 11.9 Å². The summed E-state index contributed by atoms with van der Waals surface area (Å²) in [4.78, 5) is 23.2. The van der Waals surface area contributed by atoms with E-state index in [1.54, 1.807) is 37.5 Å². The molecule has 1 aromatic carbocycles. The molecule has 0 unspecified atom stereocenters. The van der Waals surface area contributed by atoms with Crippen LogP contribution in [-0.2, 0) is 11.3 Å².